The number of rotatable bonds is 6. The molecule has 0 bridgehead atoms. The molecule has 5 heteroatoms. The smallest absolute Gasteiger partial charge is 0.211 e. The maximum atomic E-state index is 11.8. The van der Waals surface area contributed by atoms with Gasteiger partial charge in [0.1, 0.15) is 0 Å². The van der Waals surface area contributed by atoms with E-state index in [0.717, 1.165) is 0 Å². The van der Waals surface area contributed by atoms with Gasteiger partial charge in [-0.05, 0) is 39.0 Å². The van der Waals surface area contributed by atoms with Crippen LogP contribution in [-0.4, -0.2) is 25.8 Å². The molecule has 0 spiro atoms. The number of sulfonamides is 1. The lowest BCUT2D eigenvalue weighted by molar-refractivity contribution is 0.317. The first kappa shape index (κ1) is 16.9. The summed E-state index contributed by atoms with van der Waals surface area (Å²) in [6, 6.07) is -0.0709. The van der Waals surface area contributed by atoms with E-state index < -0.39 is 10.0 Å². The fourth-order valence-electron chi connectivity index (χ4n) is 1.22. The highest BCUT2D eigenvalue weighted by atomic mass is 32.2. The maximum absolute atomic E-state index is 11.8. The first-order chi connectivity index (χ1) is 7.33. The normalized spacial score (nSPS) is 15.9. The monoisotopic (exact) mass is 264 g/mol. The lowest BCUT2D eigenvalue weighted by Crippen LogP contribution is -2.42. The van der Waals surface area contributed by atoms with Gasteiger partial charge in [-0.25, -0.2) is 13.1 Å². The average molecular weight is 264 g/mol. The third-order valence-electron chi connectivity index (χ3n) is 2.89. The Bertz CT molecular complexity index is 323. The molecule has 0 radical (unpaired) electrons. The zero-order valence-electron chi connectivity index (χ0n) is 12.0. The number of nitrogens with two attached hydrogens (primary N) is 1. The molecule has 0 aliphatic carbocycles. The van der Waals surface area contributed by atoms with Gasteiger partial charge in [0.25, 0.3) is 0 Å². The van der Waals surface area contributed by atoms with E-state index >= 15 is 0 Å². The summed E-state index contributed by atoms with van der Waals surface area (Å²) in [7, 11) is -3.19. The van der Waals surface area contributed by atoms with E-state index in [9.17, 15) is 8.42 Å². The van der Waals surface area contributed by atoms with E-state index in [2.05, 4.69) is 4.72 Å². The molecule has 0 rings (SSSR count). The molecule has 0 aromatic heterocycles. The molecule has 17 heavy (non-hydrogen) atoms. The average Bonchev–Trinajstić information content (AvgIpc) is 1.97. The van der Waals surface area contributed by atoms with Gasteiger partial charge in [0.05, 0.1) is 5.75 Å². The van der Waals surface area contributed by atoms with Crippen molar-refractivity contribution >= 4 is 10.0 Å². The molecule has 0 aromatic rings. The van der Waals surface area contributed by atoms with Crippen molar-refractivity contribution in [2.75, 3.05) is 5.75 Å². The van der Waals surface area contributed by atoms with Crippen LogP contribution in [0.1, 0.15) is 54.4 Å². The van der Waals surface area contributed by atoms with E-state index in [4.69, 9.17) is 5.73 Å². The van der Waals surface area contributed by atoms with E-state index in [-0.39, 0.29) is 22.7 Å². The topological polar surface area (TPSA) is 72.2 Å². The van der Waals surface area contributed by atoms with Gasteiger partial charge in [0, 0.05) is 11.6 Å². The third kappa shape index (κ3) is 8.57. The molecule has 1 atom stereocenters. The van der Waals surface area contributed by atoms with Crippen LogP contribution >= 0.6 is 0 Å². The van der Waals surface area contributed by atoms with Crippen LogP contribution < -0.4 is 10.5 Å². The second-order valence-corrected chi connectivity index (χ2v) is 8.49. The summed E-state index contributed by atoms with van der Waals surface area (Å²) in [6.07, 6.45) is 1.30. The maximum Gasteiger partial charge on any atom is 0.211 e. The minimum absolute atomic E-state index is 0.0692. The highest BCUT2D eigenvalue weighted by Crippen LogP contribution is 2.19. The van der Waals surface area contributed by atoms with Crippen molar-refractivity contribution in [3.63, 3.8) is 0 Å². The van der Waals surface area contributed by atoms with Crippen molar-refractivity contribution < 1.29 is 8.42 Å². The number of nitrogens with one attached hydrogen (secondary N) is 1. The van der Waals surface area contributed by atoms with Crippen LogP contribution in [0.15, 0.2) is 0 Å². The molecule has 0 fully saturated rings. The molecular weight excluding hydrogens is 236 g/mol. The summed E-state index contributed by atoms with van der Waals surface area (Å²) < 4.78 is 26.4. The van der Waals surface area contributed by atoms with Gasteiger partial charge in [-0.15, -0.1) is 0 Å². The summed E-state index contributed by atoms with van der Waals surface area (Å²) in [5.41, 5.74) is 5.45. The van der Waals surface area contributed by atoms with E-state index in [1.54, 1.807) is 0 Å². The Morgan fingerprint density at radius 1 is 1.18 bits per heavy atom. The van der Waals surface area contributed by atoms with Gasteiger partial charge >= 0.3 is 0 Å². The summed E-state index contributed by atoms with van der Waals surface area (Å²) in [5, 5.41) is 0. The van der Waals surface area contributed by atoms with Gasteiger partial charge < -0.3 is 5.73 Å². The third-order valence-corrected chi connectivity index (χ3v) is 4.43. The molecule has 0 heterocycles. The Balaban J connectivity index is 4.23. The highest BCUT2D eigenvalue weighted by molar-refractivity contribution is 7.89. The molecule has 104 valence electrons. The molecular formula is C12H28N2O2S. The predicted molar refractivity (Wildman–Crippen MR) is 73.3 cm³/mol. The number of hydrogen-bond acceptors (Lipinski definition) is 3. The molecule has 3 N–H and O–H groups in total. The SMILES string of the molecule is C[C@@H](NS(=O)(=O)CCCC(C)(C)N)C(C)(C)C. The molecule has 0 saturated heterocycles. The Labute approximate surface area is 106 Å². The van der Waals surface area contributed by atoms with Gasteiger partial charge in [0.2, 0.25) is 10.0 Å². The van der Waals surface area contributed by atoms with Crippen molar-refractivity contribution in [2.45, 2.75) is 66.0 Å². The molecule has 0 aliphatic rings. The highest BCUT2D eigenvalue weighted by Gasteiger charge is 2.24. The fourth-order valence-corrected chi connectivity index (χ4v) is 2.76. The van der Waals surface area contributed by atoms with Gasteiger partial charge in [-0.3, -0.25) is 0 Å². The summed E-state index contributed by atoms with van der Waals surface area (Å²) in [6.45, 7) is 11.8. The van der Waals surface area contributed by atoms with E-state index in [0.29, 0.717) is 12.8 Å². The molecule has 0 aliphatic heterocycles. The van der Waals surface area contributed by atoms with Crippen molar-refractivity contribution in [3.8, 4) is 0 Å². The van der Waals surface area contributed by atoms with Crippen molar-refractivity contribution in [2.24, 2.45) is 11.1 Å². The molecule has 0 saturated carbocycles. The number of hydrogen-bond donors (Lipinski definition) is 2. The van der Waals surface area contributed by atoms with Crippen molar-refractivity contribution in [1.82, 2.24) is 4.72 Å². The summed E-state index contributed by atoms with van der Waals surface area (Å²) in [4.78, 5) is 0. The van der Waals surface area contributed by atoms with Crippen molar-refractivity contribution in [3.05, 3.63) is 0 Å². The van der Waals surface area contributed by atoms with Crippen molar-refractivity contribution in [1.29, 1.82) is 0 Å². The van der Waals surface area contributed by atoms with Gasteiger partial charge in [-0.2, -0.15) is 0 Å². The minimum Gasteiger partial charge on any atom is -0.326 e. The van der Waals surface area contributed by atoms with Gasteiger partial charge in [0.15, 0.2) is 0 Å². The fraction of sp³-hybridized carbons (Fsp3) is 1.00. The van der Waals surface area contributed by atoms with E-state index in [1.165, 1.54) is 0 Å². The quantitative estimate of drug-likeness (QED) is 0.769. The van der Waals surface area contributed by atoms with Crippen LogP contribution in [0.4, 0.5) is 0 Å². The zero-order chi connectivity index (χ0) is 13.9. The molecule has 4 nitrogen and oxygen atoms in total. The molecule has 0 unspecified atom stereocenters. The first-order valence-electron chi connectivity index (χ1n) is 6.12. The second-order valence-electron chi connectivity index (χ2n) is 6.62. The first-order valence-corrected chi connectivity index (χ1v) is 7.78. The largest absolute Gasteiger partial charge is 0.326 e. The minimum atomic E-state index is -3.19. The Kier molecular flexibility index (Phi) is 5.63. The summed E-state index contributed by atoms with van der Waals surface area (Å²) in [5.74, 6) is 0.147. The standard InChI is InChI=1S/C12H28N2O2S/c1-10(11(2,3)4)14-17(15,16)9-7-8-12(5,6)13/h10,14H,7-9,13H2,1-6H3/t10-/m1/s1. The van der Waals surface area contributed by atoms with Gasteiger partial charge in [-0.1, -0.05) is 20.8 Å². The van der Waals surface area contributed by atoms with Crippen LogP contribution in [0.5, 0.6) is 0 Å². The Morgan fingerprint density at radius 2 is 1.65 bits per heavy atom. The molecule has 0 aromatic carbocycles. The van der Waals surface area contributed by atoms with Crippen LogP contribution in [0.25, 0.3) is 0 Å². The predicted octanol–water partition coefficient (Wildman–Crippen LogP) is 1.86. The van der Waals surface area contributed by atoms with Crippen LogP contribution in [0.2, 0.25) is 0 Å². The van der Waals surface area contributed by atoms with Crippen LogP contribution in [0.3, 0.4) is 0 Å². The molecule has 0 amide bonds. The van der Waals surface area contributed by atoms with Crippen LogP contribution in [0, 0.1) is 5.41 Å². The second kappa shape index (κ2) is 5.67. The lowest BCUT2D eigenvalue weighted by Gasteiger charge is -2.28. The lowest BCUT2D eigenvalue weighted by atomic mass is 9.89. The Morgan fingerprint density at radius 3 is 2.00 bits per heavy atom. The van der Waals surface area contributed by atoms with E-state index in [1.807, 2.05) is 41.5 Å². The van der Waals surface area contributed by atoms with Crippen LogP contribution in [-0.2, 0) is 10.0 Å². The Hall–Kier alpha value is -0.130. The summed E-state index contributed by atoms with van der Waals surface area (Å²) >= 11 is 0. The zero-order valence-corrected chi connectivity index (χ0v) is 12.8.